The number of aliphatic hydroxyl groups is 1. The summed E-state index contributed by atoms with van der Waals surface area (Å²) >= 11 is 0. The second-order valence-corrected chi connectivity index (χ2v) is 11.4. The Bertz CT molecular complexity index is 1010. The first-order valence-corrected chi connectivity index (χ1v) is 13.4. The molecule has 4 rings (SSSR count). The highest BCUT2D eigenvalue weighted by Crippen LogP contribution is 2.65. The van der Waals surface area contributed by atoms with Gasteiger partial charge < -0.3 is 25.4 Å². The number of rotatable bonds is 7. The number of benzene rings is 1. The number of carbonyl (C=O) groups is 1. The van der Waals surface area contributed by atoms with Crippen LogP contribution < -0.4 is 15.5 Å². The molecule has 0 spiro atoms. The average Bonchev–Trinajstić information content (AvgIpc) is 2.76. The van der Waals surface area contributed by atoms with Crippen LogP contribution in [0.25, 0.3) is 11.4 Å². The van der Waals surface area contributed by atoms with Crippen LogP contribution in [0.15, 0.2) is 30.3 Å². The lowest BCUT2D eigenvalue weighted by atomic mass is 9.81. The lowest BCUT2D eigenvalue weighted by Gasteiger charge is -2.53. The highest BCUT2D eigenvalue weighted by Gasteiger charge is 2.49. The Labute approximate surface area is 201 Å². The molecular weight excluding hydrogens is 458 g/mol. The third-order valence-corrected chi connectivity index (χ3v) is 8.64. The van der Waals surface area contributed by atoms with Crippen LogP contribution in [0.4, 0.5) is 16.3 Å². The van der Waals surface area contributed by atoms with Gasteiger partial charge >= 0.3 is 6.03 Å². The van der Waals surface area contributed by atoms with Crippen molar-refractivity contribution >= 4 is 28.1 Å². The van der Waals surface area contributed by atoms with E-state index in [0.29, 0.717) is 49.8 Å². The number of morpholine rings is 1. The lowest BCUT2D eigenvalue weighted by Crippen LogP contribution is -2.45. The maximum Gasteiger partial charge on any atom is 0.319 e. The standard InChI is InChI=1S/C23H33N5O5S/c1-16-15-33-13-11-28(16)20-14-19(23(8-3-9-23)34(2,31)32)26-21(27-20)17-4-6-18(7-5-17)25-22(30)24-10-12-29/h4-7,14,16,29,31-32H,3,8-13,15H2,1-2H3,(H2,24,25,30)/t16-/m0/s1. The molecule has 1 atom stereocenters. The van der Waals surface area contributed by atoms with Crippen molar-refractivity contribution in [2.24, 2.45) is 0 Å². The van der Waals surface area contributed by atoms with Gasteiger partial charge in [0.1, 0.15) is 10.6 Å². The minimum absolute atomic E-state index is 0.131. The van der Waals surface area contributed by atoms with Gasteiger partial charge in [0.15, 0.2) is 5.82 Å². The van der Waals surface area contributed by atoms with Crippen LogP contribution in [-0.2, 0) is 9.48 Å². The number of hydrogen-bond acceptors (Lipinski definition) is 8. The maximum absolute atomic E-state index is 11.8. The SMILES string of the molecule is C[C@H]1COCCN1c1cc(C2(S(C)(O)O)CCC2)nc(-c2ccc(NC(=O)NCCO)cc2)n1. The molecule has 0 bridgehead atoms. The molecule has 5 N–H and O–H groups in total. The van der Waals surface area contributed by atoms with Crippen LogP contribution >= 0.6 is 10.6 Å². The molecule has 0 unspecified atom stereocenters. The van der Waals surface area contributed by atoms with Crippen molar-refractivity contribution in [3.8, 4) is 11.4 Å². The largest absolute Gasteiger partial charge is 0.395 e. The van der Waals surface area contributed by atoms with Gasteiger partial charge in [-0.05, 0) is 50.5 Å². The summed E-state index contributed by atoms with van der Waals surface area (Å²) < 4.78 is 26.3. The second-order valence-electron chi connectivity index (χ2n) is 8.92. The van der Waals surface area contributed by atoms with Crippen LogP contribution in [0.3, 0.4) is 0 Å². The quantitative estimate of drug-likeness (QED) is 0.398. The number of anilines is 2. The zero-order chi connectivity index (χ0) is 24.3. The number of nitrogens with one attached hydrogen (secondary N) is 2. The van der Waals surface area contributed by atoms with Gasteiger partial charge in [0.05, 0.1) is 31.6 Å². The van der Waals surface area contributed by atoms with E-state index in [-0.39, 0.29) is 19.2 Å². The zero-order valence-electron chi connectivity index (χ0n) is 19.5. The van der Waals surface area contributed by atoms with E-state index in [1.54, 1.807) is 12.1 Å². The van der Waals surface area contributed by atoms with E-state index in [1.807, 2.05) is 18.2 Å². The summed E-state index contributed by atoms with van der Waals surface area (Å²) in [6, 6.07) is 8.80. The second kappa shape index (κ2) is 10.0. The molecule has 2 aliphatic rings. The van der Waals surface area contributed by atoms with Gasteiger partial charge in [-0.25, -0.2) is 14.8 Å². The predicted octanol–water partition coefficient (Wildman–Crippen LogP) is 3.24. The number of aromatic nitrogens is 2. The molecule has 2 amide bonds. The van der Waals surface area contributed by atoms with Crippen LogP contribution in [-0.4, -0.2) is 75.4 Å². The van der Waals surface area contributed by atoms with Crippen LogP contribution in [0.2, 0.25) is 0 Å². The summed E-state index contributed by atoms with van der Waals surface area (Å²) in [5.74, 6) is 1.24. The van der Waals surface area contributed by atoms with Gasteiger partial charge in [0, 0.05) is 36.7 Å². The van der Waals surface area contributed by atoms with Gasteiger partial charge in [0.25, 0.3) is 0 Å². The number of nitrogens with zero attached hydrogens (tertiary/aromatic N) is 3. The summed E-state index contributed by atoms with van der Waals surface area (Å²) in [6.07, 6.45) is 3.77. The zero-order valence-corrected chi connectivity index (χ0v) is 20.3. The summed E-state index contributed by atoms with van der Waals surface area (Å²) in [6.45, 7) is 4.01. The van der Waals surface area contributed by atoms with E-state index >= 15 is 0 Å². The van der Waals surface area contributed by atoms with Crippen molar-refractivity contribution in [3.05, 3.63) is 36.0 Å². The molecule has 11 heteroatoms. The number of aliphatic hydroxyl groups excluding tert-OH is 1. The molecule has 2 fully saturated rings. The highest BCUT2D eigenvalue weighted by atomic mass is 32.3. The Morgan fingerprint density at radius 3 is 2.59 bits per heavy atom. The van der Waals surface area contributed by atoms with Gasteiger partial charge in [-0.2, -0.15) is 10.6 Å². The molecule has 1 saturated heterocycles. The van der Waals surface area contributed by atoms with Gasteiger partial charge in [0.2, 0.25) is 0 Å². The Morgan fingerprint density at radius 1 is 1.26 bits per heavy atom. The smallest absolute Gasteiger partial charge is 0.319 e. The molecule has 10 nitrogen and oxygen atoms in total. The molecule has 0 radical (unpaired) electrons. The molecule has 1 aliphatic heterocycles. The van der Waals surface area contributed by atoms with Gasteiger partial charge in [-0.1, -0.05) is 0 Å². The molecule has 1 aliphatic carbocycles. The summed E-state index contributed by atoms with van der Waals surface area (Å²) in [5.41, 5.74) is 2.01. The molecule has 1 aromatic heterocycles. The average molecular weight is 492 g/mol. The molecular formula is C23H33N5O5S. The van der Waals surface area contributed by atoms with Crippen molar-refractivity contribution in [2.75, 3.05) is 49.4 Å². The number of ether oxygens (including phenoxy) is 1. The maximum atomic E-state index is 11.8. The van der Waals surface area contributed by atoms with Gasteiger partial charge in [-0.15, -0.1) is 0 Å². The Kier molecular flexibility index (Phi) is 7.29. The van der Waals surface area contributed by atoms with E-state index in [4.69, 9.17) is 19.8 Å². The van der Waals surface area contributed by atoms with E-state index in [9.17, 15) is 13.9 Å². The fraction of sp³-hybridized carbons (Fsp3) is 0.522. The molecule has 34 heavy (non-hydrogen) atoms. The molecule has 1 saturated carbocycles. The molecule has 2 aromatic rings. The number of amides is 2. The van der Waals surface area contributed by atoms with E-state index in [2.05, 4.69) is 22.5 Å². The minimum Gasteiger partial charge on any atom is -0.395 e. The van der Waals surface area contributed by atoms with E-state index < -0.39 is 21.4 Å². The van der Waals surface area contributed by atoms with Crippen LogP contribution in [0.1, 0.15) is 31.9 Å². The lowest BCUT2D eigenvalue weighted by molar-refractivity contribution is 0.0985. The summed E-state index contributed by atoms with van der Waals surface area (Å²) in [4.78, 5) is 23.7. The Morgan fingerprint density at radius 2 is 2.00 bits per heavy atom. The normalized spacial score (nSPS) is 20.4. The number of hydrogen-bond donors (Lipinski definition) is 5. The Hall–Kier alpha value is -2.44. The van der Waals surface area contributed by atoms with Crippen molar-refractivity contribution in [2.45, 2.75) is 37.0 Å². The fourth-order valence-electron chi connectivity index (χ4n) is 4.40. The third kappa shape index (κ3) is 4.98. The van der Waals surface area contributed by atoms with Crippen molar-refractivity contribution in [1.82, 2.24) is 15.3 Å². The minimum atomic E-state index is -2.87. The first-order chi connectivity index (χ1) is 16.2. The van der Waals surface area contributed by atoms with E-state index in [0.717, 1.165) is 17.8 Å². The fourth-order valence-corrected chi connectivity index (χ4v) is 5.96. The Balaban J connectivity index is 1.69. The van der Waals surface area contributed by atoms with Crippen molar-refractivity contribution < 1.29 is 23.7 Å². The number of carbonyl (C=O) groups excluding carboxylic acids is 1. The van der Waals surface area contributed by atoms with Gasteiger partial charge in [-0.3, -0.25) is 9.11 Å². The topological polar surface area (TPSA) is 140 Å². The number of urea groups is 1. The van der Waals surface area contributed by atoms with Crippen molar-refractivity contribution in [3.63, 3.8) is 0 Å². The monoisotopic (exact) mass is 491 g/mol. The summed E-state index contributed by atoms with van der Waals surface area (Å²) in [7, 11) is -2.87. The molecule has 1 aromatic carbocycles. The van der Waals surface area contributed by atoms with Crippen molar-refractivity contribution in [1.29, 1.82) is 0 Å². The first kappa shape index (κ1) is 24.7. The highest BCUT2D eigenvalue weighted by molar-refractivity contribution is 8.24. The molecule has 186 valence electrons. The first-order valence-electron chi connectivity index (χ1n) is 11.5. The third-order valence-electron chi connectivity index (χ3n) is 6.54. The van der Waals surface area contributed by atoms with E-state index in [1.165, 1.54) is 6.26 Å². The van der Waals surface area contributed by atoms with Crippen LogP contribution in [0.5, 0.6) is 0 Å². The molecule has 2 heterocycles. The van der Waals surface area contributed by atoms with Crippen LogP contribution in [0, 0.1) is 0 Å². The summed E-state index contributed by atoms with van der Waals surface area (Å²) in [5, 5.41) is 14.1. The predicted molar refractivity (Wildman–Crippen MR) is 134 cm³/mol.